The van der Waals surface area contributed by atoms with E-state index in [0.29, 0.717) is 5.92 Å². The number of fused-ring (bicyclic) bond motifs is 1. The molecule has 0 radical (unpaired) electrons. The van der Waals surface area contributed by atoms with Crippen LogP contribution in [0.2, 0.25) is 0 Å². The second kappa shape index (κ2) is 7.66. The molecule has 1 aromatic rings. The van der Waals surface area contributed by atoms with Gasteiger partial charge in [-0.15, -0.1) is 0 Å². The fraction of sp³-hybridized carbons (Fsp3) is 0.556. The van der Waals surface area contributed by atoms with Gasteiger partial charge < -0.3 is 19.9 Å². The highest BCUT2D eigenvalue weighted by Crippen LogP contribution is 2.27. The van der Waals surface area contributed by atoms with Gasteiger partial charge in [0.1, 0.15) is 6.54 Å². The number of hydrogen-bond acceptors (Lipinski definition) is 3. The quantitative estimate of drug-likeness (QED) is 0.664. The molecule has 6 nitrogen and oxygen atoms in total. The van der Waals surface area contributed by atoms with Gasteiger partial charge in [0, 0.05) is 45.4 Å². The Morgan fingerprint density at radius 2 is 2.25 bits per heavy atom. The Morgan fingerprint density at radius 1 is 1.42 bits per heavy atom. The van der Waals surface area contributed by atoms with E-state index in [1.54, 1.807) is 19.0 Å². The predicted octanol–water partition coefficient (Wildman–Crippen LogP) is 1.12. The molecule has 1 amide bonds. The molecule has 130 valence electrons. The van der Waals surface area contributed by atoms with Crippen LogP contribution in [0.3, 0.4) is 0 Å². The standard InChI is InChI=1S/C18H26N4O2/c1-21(2)17(23)12-20-18(19-11-14-8-10-24-13-14)22-9-7-15-5-3-4-6-16(15)22/h3-6,14H,7-13H2,1-2H3,(H,19,20). The fourth-order valence-corrected chi connectivity index (χ4v) is 3.06. The number of anilines is 1. The van der Waals surface area contributed by atoms with E-state index in [1.807, 2.05) is 6.07 Å². The molecule has 2 aliphatic rings. The number of nitrogens with one attached hydrogen (secondary N) is 1. The number of carbonyl (C=O) groups is 1. The van der Waals surface area contributed by atoms with E-state index >= 15 is 0 Å². The van der Waals surface area contributed by atoms with Crippen LogP contribution in [-0.4, -0.2) is 63.7 Å². The summed E-state index contributed by atoms with van der Waals surface area (Å²) in [6.45, 7) is 3.52. The maximum atomic E-state index is 11.9. The normalized spacial score (nSPS) is 20.2. The predicted molar refractivity (Wildman–Crippen MR) is 95.4 cm³/mol. The van der Waals surface area contributed by atoms with Crippen LogP contribution in [0.5, 0.6) is 0 Å². The highest BCUT2D eigenvalue weighted by Gasteiger charge is 2.24. The number of guanidine groups is 1. The van der Waals surface area contributed by atoms with E-state index in [2.05, 4.69) is 33.4 Å². The highest BCUT2D eigenvalue weighted by molar-refractivity contribution is 5.99. The molecule has 2 heterocycles. The zero-order valence-corrected chi connectivity index (χ0v) is 14.5. The van der Waals surface area contributed by atoms with Gasteiger partial charge in [-0.05, 0) is 24.5 Å². The van der Waals surface area contributed by atoms with Crippen molar-refractivity contribution in [2.75, 3.05) is 51.8 Å². The van der Waals surface area contributed by atoms with Gasteiger partial charge in [-0.1, -0.05) is 18.2 Å². The molecule has 1 N–H and O–H groups in total. The first-order chi connectivity index (χ1) is 11.6. The lowest BCUT2D eigenvalue weighted by Crippen LogP contribution is -2.43. The van der Waals surface area contributed by atoms with Crippen LogP contribution in [0.15, 0.2) is 29.3 Å². The number of benzene rings is 1. The summed E-state index contributed by atoms with van der Waals surface area (Å²) >= 11 is 0. The van der Waals surface area contributed by atoms with Gasteiger partial charge in [-0.3, -0.25) is 4.79 Å². The Kier molecular flexibility index (Phi) is 5.35. The number of amides is 1. The summed E-state index contributed by atoms with van der Waals surface area (Å²) in [6.07, 6.45) is 2.08. The Hall–Kier alpha value is -2.08. The van der Waals surface area contributed by atoms with Crippen LogP contribution >= 0.6 is 0 Å². The average molecular weight is 330 g/mol. The third-order valence-electron chi connectivity index (χ3n) is 4.58. The molecule has 6 heteroatoms. The van der Waals surface area contributed by atoms with E-state index in [4.69, 9.17) is 4.74 Å². The van der Waals surface area contributed by atoms with Crippen LogP contribution in [0.1, 0.15) is 12.0 Å². The molecule has 0 spiro atoms. The molecule has 2 aliphatic heterocycles. The number of nitrogens with zero attached hydrogens (tertiary/aromatic N) is 3. The molecule has 0 aromatic heterocycles. The summed E-state index contributed by atoms with van der Waals surface area (Å²) in [7, 11) is 3.51. The molecule has 0 aliphatic carbocycles. The van der Waals surface area contributed by atoms with Crippen molar-refractivity contribution in [3.63, 3.8) is 0 Å². The topological polar surface area (TPSA) is 57.2 Å². The van der Waals surface area contributed by atoms with Crippen molar-refractivity contribution in [1.82, 2.24) is 10.2 Å². The Balaban J connectivity index is 1.74. The first-order valence-electron chi connectivity index (χ1n) is 8.57. The van der Waals surface area contributed by atoms with Crippen molar-refractivity contribution >= 4 is 17.6 Å². The molecule has 0 bridgehead atoms. The maximum absolute atomic E-state index is 11.9. The smallest absolute Gasteiger partial charge is 0.243 e. The van der Waals surface area contributed by atoms with E-state index in [0.717, 1.165) is 45.1 Å². The monoisotopic (exact) mass is 330 g/mol. The van der Waals surface area contributed by atoms with Crippen LogP contribution < -0.4 is 10.2 Å². The van der Waals surface area contributed by atoms with E-state index in [9.17, 15) is 4.79 Å². The Morgan fingerprint density at radius 3 is 3.00 bits per heavy atom. The third-order valence-corrected chi connectivity index (χ3v) is 4.58. The number of ether oxygens (including phenoxy) is 1. The maximum Gasteiger partial charge on any atom is 0.243 e. The number of rotatable bonds is 4. The minimum absolute atomic E-state index is 0.00554. The largest absolute Gasteiger partial charge is 0.381 e. The van der Waals surface area contributed by atoms with Crippen molar-refractivity contribution < 1.29 is 9.53 Å². The summed E-state index contributed by atoms with van der Waals surface area (Å²) < 4.78 is 5.45. The van der Waals surface area contributed by atoms with Crippen molar-refractivity contribution in [3.05, 3.63) is 29.8 Å². The van der Waals surface area contributed by atoms with Gasteiger partial charge in [0.15, 0.2) is 5.96 Å². The fourth-order valence-electron chi connectivity index (χ4n) is 3.06. The van der Waals surface area contributed by atoms with E-state index < -0.39 is 0 Å². The molecule has 1 fully saturated rings. The number of para-hydroxylation sites is 1. The molecule has 24 heavy (non-hydrogen) atoms. The van der Waals surface area contributed by atoms with Crippen molar-refractivity contribution in [1.29, 1.82) is 0 Å². The van der Waals surface area contributed by atoms with Gasteiger partial charge in [-0.2, -0.15) is 0 Å². The Labute approximate surface area is 143 Å². The van der Waals surface area contributed by atoms with E-state index in [1.165, 1.54) is 11.3 Å². The van der Waals surface area contributed by atoms with Crippen LogP contribution in [0.4, 0.5) is 5.69 Å². The number of aliphatic imine (C=N–C) groups is 1. The van der Waals surface area contributed by atoms with Crippen LogP contribution in [0, 0.1) is 5.92 Å². The summed E-state index contributed by atoms with van der Waals surface area (Å²) in [5.41, 5.74) is 2.51. The molecule has 1 aromatic carbocycles. The van der Waals surface area contributed by atoms with Gasteiger partial charge in [0.25, 0.3) is 0 Å². The number of hydrogen-bond donors (Lipinski definition) is 1. The zero-order valence-electron chi connectivity index (χ0n) is 14.5. The third kappa shape index (κ3) is 3.87. The molecular formula is C18H26N4O2. The summed E-state index contributed by atoms with van der Waals surface area (Å²) in [4.78, 5) is 20.3. The minimum atomic E-state index is 0.00554. The molecule has 1 saturated heterocycles. The molecule has 1 atom stereocenters. The van der Waals surface area contributed by atoms with Crippen molar-refractivity contribution in [3.8, 4) is 0 Å². The SMILES string of the molecule is CN(C)C(=O)CN=C(NCC1CCOC1)N1CCc2ccccc21. The second-order valence-corrected chi connectivity index (χ2v) is 6.57. The molecule has 0 saturated carbocycles. The lowest BCUT2D eigenvalue weighted by Gasteiger charge is -2.24. The first kappa shape index (κ1) is 16.8. The van der Waals surface area contributed by atoms with Crippen molar-refractivity contribution in [2.45, 2.75) is 12.8 Å². The summed E-state index contributed by atoms with van der Waals surface area (Å²) in [6, 6.07) is 8.39. The molecule has 3 rings (SSSR count). The van der Waals surface area contributed by atoms with Crippen LogP contribution in [0.25, 0.3) is 0 Å². The highest BCUT2D eigenvalue weighted by atomic mass is 16.5. The lowest BCUT2D eigenvalue weighted by atomic mass is 10.1. The summed E-state index contributed by atoms with van der Waals surface area (Å²) in [5, 5.41) is 3.46. The Bertz CT molecular complexity index is 609. The number of carbonyl (C=O) groups excluding carboxylic acids is 1. The van der Waals surface area contributed by atoms with Gasteiger partial charge >= 0.3 is 0 Å². The van der Waals surface area contributed by atoms with Crippen LogP contribution in [-0.2, 0) is 16.0 Å². The average Bonchev–Trinajstić information content (AvgIpc) is 3.24. The first-order valence-corrected chi connectivity index (χ1v) is 8.57. The lowest BCUT2D eigenvalue weighted by molar-refractivity contribution is -0.127. The molecule has 1 unspecified atom stereocenters. The van der Waals surface area contributed by atoms with Gasteiger partial charge in [0.05, 0.1) is 6.61 Å². The molecular weight excluding hydrogens is 304 g/mol. The van der Waals surface area contributed by atoms with E-state index in [-0.39, 0.29) is 12.5 Å². The van der Waals surface area contributed by atoms with Crippen molar-refractivity contribution in [2.24, 2.45) is 10.9 Å². The number of likely N-dealkylation sites (N-methyl/N-ethyl adjacent to an activating group) is 1. The summed E-state index contributed by atoms with van der Waals surface area (Å²) in [5.74, 6) is 1.31. The van der Waals surface area contributed by atoms with Gasteiger partial charge in [-0.25, -0.2) is 4.99 Å². The second-order valence-electron chi connectivity index (χ2n) is 6.57. The minimum Gasteiger partial charge on any atom is -0.381 e. The zero-order chi connectivity index (χ0) is 16.9. The van der Waals surface area contributed by atoms with Gasteiger partial charge in [0.2, 0.25) is 5.91 Å².